The second kappa shape index (κ2) is 4.11. The smallest absolute Gasteiger partial charge is 0.257 e. The molecule has 0 saturated carbocycles. The molecule has 0 bridgehead atoms. The molecule has 0 aliphatic heterocycles. The molecule has 0 saturated heterocycles. The molecule has 15 heavy (non-hydrogen) atoms. The van der Waals surface area contributed by atoms with Crippen LogP contribution in [0, 0.1) is 0 Å². The average Bonchev–Trinajstić information content (AvgIpc) is 2.15. The topological polar surface area (TPSA) is 69.2 Å². The first-order chi connectivity index (χ1) is 6.83. The van der Waals surface area contributed by atoms with Gasteiger partial charge in [0, 0.05) is 6.20 Å². The highest BCUT2D eigenvalue weighted by Gasteiger charge is 2.47. The molecule has 0 atom stereocenters. The summed E-state index contributed by atoms with van der Waals surface area (Å²) in [6.07, 6.45) is 2.32. The van der Waals surface area contributed by atoms with Gasteiger partial charge < -0.3 is 0 Å². The van der Waals surface area contributed by atoms with E-state index in [1.807, 2.05) is 0 Å². The molecule has 0 fully saturated rings. The van der Waals surface area contributed by atoms with E-state index < -0.39 is 22.2 Å². The average molecular weight is 242 g/mol. The van der Waals surface area contributed by atoms with Crippen LogP contribution in [-0.2, 0) is 20.9 Å². The number of alkyl halides is 3. The largest absolute Gasteiger partial charge is 0.523 e. The summed E-state index contributed by atoms with van der Waals surface area (Å²) in [5, 5.41) is 0. The standard InChI is InChI=1S/C6H5F3N2O3S/c7-6(8,9)15(12,13)14-3-5-1-2-10-4-11-5/h1-2,4H,3H2. The fourth-order valence-corrected chi connectivity index (χ4v) is 1.02. The van der Waals surface area contributed by atoms with Crippen molar-refractivity contribution in [2.75, 3.05) is 0 Å². The lowest BCUT2D eigenvalue weighted by molar-refractivity contribution is -0.0548. The fraction of sp³-hybridized carbons (Fsp3) is 0.333. The van der Waals surface area contributed by atoms with Crippen molar-refractivity contribution in [1.82, 2.24) is 9.97 Å². The first-order valence-electron chi connectivity index (χ1n) is 3.53. The maximum Gasteiger partial charge on any atom is 0.523 e. The van der Waals surface area contributed by atoms with Gasteiger partial charge in [0.25, 0.3) is 0 Å². The number of nitrogens with zero attached hydrogens (tertiary/aromatic N) is 2. The second-order valence-electron chi connectivity index (χ2n) is 2.36. The zero-order valence-electron chi connectivity index (χ0n) is 7.10. The lowest BCUT2D eigenvalue weighted by Crippen LogP contribution is -2.25. The molecule has 1 aromatic rings. The van der Waals surface area contributed by atoms with E-state index in [0.29, 0.717) is 0 Å². The van der Waals surface area contributed by atoms with Crippen molar-refractivity contribution in [3.63, 3.8) is 0 Å². The third-order valence-corrected chi connectivity index (χ3v) is 2.28. The highest BCUT2D eigenvalue weighted by Crippen LogP contribution is 2.25. The molecule has 0 unspecified atom stereocenters. The minimum absolute atomic E-state index is 0.0397. The Balaban J connectivity index is 2.67. The zero-order valence-corrected chi connectivity index (χ0v) is 7.92. The lowest BCUT2D eigenvalue weighted by Gasteiger charge is -2.07. The molecular weight excluding hydrogens is 237 g/mol. The monoisotopic (exact) mass is 242 g/mol. The molecule has 9 heteroatoms. The van der Waals surface area contributed by atoms with E-state index in [-0.39, 0.29) is 5.69 Å². The van der Waals surface area contributed by atoms with Crippen LogP contribution in [0.15, 0.2) is 18.6 Å². The Morgan fingerprint density at radius 3 is 2.53 bits per heavy atom. The third-order valence-electron chi connectivity index (χ3n) is 1.29. The van der Waals surface area contributed by atoms with Crippen molar-refractivity contribution in [3.05, 3.63) is 24.3 Å². The van der Waals surface area contributed by atoms with Gasteiger partial charge in [-0.3, -0.25) is 4.18 Å². The first-order valence-corrected chi connectivity index (χ1v) is 4.94. The minimum Gasteiger partial charge on any atom is -0.257 e. The molecule has 0 aliphatic rings. The summed E-state index contributed by atoms with van der Waals surface area (Å²) < 4.78 is 60.0. The van der Waals surface area contributed by atoms with Crippen molar-refractivity contribution < 1.29 is 25.8 Å². The van der Waals surface area contributed by atoms with Gasteiger partial charge in [0.1, 0.15) is 12.9 Å². The molecular formula is C6H5F3N2O3S. The molecule has 5 nitrogen and oxygen atoms in total. The number of aromatic nitrogens is 2. The van der Waals surface area contributed by atoms with E-state index in [2.05, 4.69) is 14.2 Å². The van der Waals surface area contributed by atoms with Crippen LogP contribution in [-0.4, -0.2) is 23.9 Å². The van der Waals surface area contributed by atoms with E-state index in [9.17, 15) is 21.6 Å². The third kappa shape index (κ3) is 3.13. The fourth-order valence-electron chi connectivity index (χ4n) is 0.608. The lowest BCUT2D eigenvalue weighted by atomic mass is 10.4. The summed E-state index contributed by atoms with van der Waals surface area (Å²) in [5.74, 6) is 0. The summed E-state index contributed by atoms with van der Waals surface area (Å²) >= 11 is 0. The van der Waals surface area contributed by atoms with Crippen LogP contribution in [0.25, 0.3) is 0 Å². The Bertz CT molecular complexity index is 417. The maximum absolute atomic E-state index is 11.8. The van der Waals surface area contributed by atoms with Gasteiger partial charge >= 0.3 is 15.6 Å². The summed E-state index contributed by atoms with van der Waals surface area (Å²) in [6.45, 7) is -0.773. The van der Waals surface area contributed by atoms with Gasteiger partial charge in [0.05, 0.1) is 5.69 Å². The molecule has 84 valence electrons. The number of rotatable bonds is 3. The van der Waals surface area contributed by atoms with Gasteiger partial charge in [-0.25, -0.2) is 9.97 Å². The number of hydrogen-bond donors (Lipinski definition) is 0. The van der Waals surface area contributed by atoms with Crippen LogP contribution < -0.4 is 0 Å². The molecule has 0 aromatic carbocycles. The number of halogens is 3. The van der Waals surface area contributed by atoms with Crippen LogP contribution in [0.5, 0.6) is 0 Å². The molecule has 0 N–H and O–H groups in total. The highest BCUT2D eigenvalue weighted by molar-refractivity contribution is 7.87. The molecule has 0 radical (unpaired) electrons. The Hall–Kier alpha value is -1.22. The van der Waals surface area contributed by atoms with Crippen LogP contribution in [0.2, 0.25) is 0 Å². The van der Waals surface area contributed by atoms with Gasteiger partial charge in [0.15, 0.2) is 0 Å². The SMILES string of the molecule is O=S(=O)(OCc1ccncn1)C(F)(F)F. The van der Waals surface area contributed by atoms with Crippen LogP contribution in [0.3, 0.4) is 0 Å². The van der Waals surface area contributed by atoms with E-state index in [0.717, 1.165) is 6.33 Å². The number of hydrogen-bond acceptors (Lipinski definition) is 5. The summed E-state index contributed by atoms with van der Waals surface area (Å²) in [4.78, 5) is 7.00. The summed E-state index contributed by atoms with van der Waals surface area (Å²) in [6, 6.07) is 1.24. The van der Waals surface area contributed by atoms with Crippen molar-refractivity contribution in [1.29, 1.82) is 0 Å². The van der Waals surface area contributed by atoms with Crippen molar-refractivity contribution in [2.24, 2.45) is 0 Å². The quantitative estimate of drug-likeness (QED) is 0.580. The second-order valence-corrected chi connectivity index (χ2v) is 3.97. The van der Waals surface area contributed by atoms with Gasteiger partial charge in [-0.1, -0.05) is 0 Å². The zero-order chi connectivity index (χ0) is 11.5. The summed E-state index contributed by atoms with van der Waals surface area (Å²) in [7, 11) is -5.56. The molecule has 1 rings (SSSR count). The van der Waals surface area contributed by atoms with Gasteiger partial charge in [0.2, 0.25) is 0 Å². The molecule has 1 heterocycles. The molecule has 0 spiro atoms. The predicted octanol–water partition coefficient (Wildman–Crippen LogP) is 0.843. The van der Waals surface area contributed by atoms with Crippen molar-refractivity contribution in [3.8, 4) is 0 Å². The van der Waals surface area contributed by atoms with E-state index in [1.165, 1.54) is 12.3 Å². The Labute approximate surface area is 83.0 Å². The Kier molecular flexibility index (Phi) is 3.25. The summed E-state index contributed by atoms with van der Waals surface area (Å²) in [5.41, 5.74) is -5.38. The van der Waals surface area contributed by atoms with E-state index in [4.69, 9.17) is 0 Å². The highest BCUT2D eigenvalue weighted by atomic mass is 32.2. The normalized spacial score (nSPS) is 12.7. The van der Waals surface area contributed by atoms with Gasteiger partial charge in [-0.2, -0.15) is 21.6 Å². The predicted molar refractivity (Wildman–Crippen MR) is 41.8 cm³/mol. The Morgan fingerprint density at radius 2 is 2.07 bits per heavy atom. The van der Waals surface area contributed by atoms with Crippen LogP contribution in [0.1, 0.15) is 5.69 Å². The van der Waals surface area contributed by atoms with E-state index in [1.54, 1.807) is 0 Å². The van der Waals surface area contributed by atoms with Crippen molar-refractivity contribution >= 4 is 10.1 Å². The first kappa shape index (κ1) is 11.9. The minimum atomic E-state index is -5.56. The van der Waals surface area contributed by atoms with Crippen LogP contribution >= 0.6 is 0 Å². The molecule has 0 aliphatic carbocycles. The Morgan fingerprint density at radius 1 is 1.40 bits per heavy atom. The van der Waals surface area contributed by atoms with Gasteiger partial charge in [-0.15, -0.1) is 0 Å². The van der Waals surface area contributed by atoms with E-state index >= 15 is 0 Å². The van der Waals surface area contributed by atoms with Crippen molar-refractivity contribution in [2.45, 2.75) is 12.1 Å². The van der Waals surface area contributed by atoms with Gasteiger partial charge in [-0.05, 0) is 6.07 Å². The molecule has 0 amide bonds. The maximum atomic E-state index is 11.8. The molecule has 1 aromatic heterocycles. The van der Waals surface area contributed by atoms with Crippen LogP contribution in [0.4, 0.5) is 13.2 Å².